The van der Waals surface area contributed by atoms with Gasteiger partial charge in [0.25, 0.3) is 0 Å². The summed E-state index contributed by atoms with van der Waals surface area (Å²) in [7, 11) is 0. The standard InChI is InChI=1S/C59H113NO5/c1-3-5-7-9-11-13-15-17-18-19-20-21-22-23-24-25-26-27-28-29-30-31-32-33-34-35-36-37-38-39-41-43-45-47-49-51-53-57(63)59(65)60-55(54-61)58(64)56(62)52-50-48-46-44-42-40-16-14-12-10-8-6-4-2/h14,16,27-28,44,46,55-58,61-64H,3-13,15,17-26,29-43,45,47-54H2,1-2H3,(H,60,65)/b16-14+,28-27-,46-44+. The zero-order valence-electron chi connectivity index (χ0n) is 43.5. The Kier molecular flexibility index (Phi) is 52.3. The van der Waals surface area contributed by atoms with Gasteiger partial charge in [-0.2, -0.15) is 0 Å². The second-order valence-electron chi connectivity index (χ2n) is 20.0. The predicted molar refractivity (Wildman–Crippen MR) is 284 cm³/mol. The third-order valence-electron chi connectivity index (χ3n) is 13.6. The summed E-state index contributed by atoms with van der Waals surface area (Å²) >= 11 is 0. The van der Waals surface area contributed by atoms with Crippen molar-refractivity contribution in [3.8, 4) is 0 Å². The van der Waals surface area contributed by atoms with Crippen LogP contribution in [0.4, 0.5) is 0 Å². The number of carbonyl (C=O) groups is 1. The summed E-state index contributed by atoms with van der Waals surface area (Å²) in [5.41, 5.74) is 0. The molecule has 0 aromatic carbocycles. The van der Waals surface area contributed by atoms with Gasteiger partial charge in [0.2, 0.25) is 5.91 Å². The Morgan fingerprint density at radius 1 is 0.369 bits per heavy atom. The number of unbranched alkanes of at least 4 members (excludes halogenated alkanes) is 38. The van der Waals surface area contributed by atoms with Gasteiger partial charge < -0.3 is 25.7 Å². The Balaban J connectivity index is 3.54. The molecule has 0 aromatic heterocycles. The topological polar surface area (TPSA) is 110 Å². The van der Waals surface area contributed by atoms with E-state index in [1.807, 2.05) is 0 Å². The number of rotatable bonds is 53. The van der Waals surface area contributed by atoms with E-state index in [4.69, 9.17) is 0 Å². The molecule has 4 atom stereocenters. The molecule has 0 aliphatic rings. The number of carbonyl (C=O) groups excluding carboxylic acids is 1. The minimum atomic E-state index is -1.29. The molecular weight excluding hydrogens is 803 g/mol. The summed E-state index contributed by atoms with van der Waals surface area (Å²) < 4.78 is 0. The van der Waals surface area contributed by atoms with Crippen LogP contribution in [0.1, 0.15) is 303 Å². The van der Waals surface area contributed by atoms with Crippen molar-refractivity contribution >= 4 is 5.91 Å². The molecule has 6 nitrogen and oxygen atoms in total. The molecule has 0 fully saturated rings. The third kappa shape index (κ3) is 47.4. The number of allylic oxidation sites excluding steroid dienone is 6. The normalized spacial score (nSPS) is 14.0. The minimum absolute atomic E-state index is 0.362. The first-order chi connectivity index (χ1) is 32.0. The van der Waals surface area contributed by atoms with E-state index in [1.165, 1.54) is 225 Å². The van der Waals surface area contributed by atoms with Crippen molar-refractivity contribution in [3.63, 3.8) is 0 Å². The summed E-state index contributed by atoms with van der Waals surface area (Å²) in [6, 6.07) is -1.01. The Morgan fingerprint density at radius 2 is 0.646 bits per heavy atom. The average Bonchev–Trinajstić information content (AvgIpc) is 3.31. The Labute approximate surface area is 405 Å². The summed E-state index contributed by atoms with van der Waals surface area (Å²) in [6.07, 6.45) is 66.7. The molecular formula is C59H113NO5. The van der Waals surface area contributed by atoms with Gasteiger partial charge in [-0.3, -0.25) is 4.79 Å². The highest BCUT2D eigenvalue weighted by atomic mass is 16.3. The van der Waals surface area contributed by atoms with Crippen LogP contribution in [0.25, 0.3) is 0 Å². The molecule has 0 aliphatic carbocycles. The molecule has 1 amide bonds. The van der Waals surface area contributed by atoms with Crippen molar-refractivity contribution in [2.75, 3.05) is 6.61 Å². The van der Waals surface area contributed by atoms with Crippen molar-refractivity contribution in [3.05, 3.63) is 36.5 Å². The fourth-order valence-electron chi connectivity index (χ4n) is 9.01. The van der Waals surface area contributed by atoms with Gasteiger partial charge >= 0.3 is 0 Å². The van der Waals surface area contributed by atoms with Gasteiger partial charge in [-0.05, 0) is 77.0 Å². The number of hydrogen-bond acceptors (Lipinski definition) is 5. The van der Waals surface area contributed by atoms with Crippen molar-refractivity contribution < 1.29 is 25.2 Å². The molecule has 0 saturated carbocycles. The number of aliphatic hydroxyl groups is 4. The van der Waals surface area contributed by atoms with Crippen molar-refractivity contribution in [1.82, 2.24) is 5.32 Å². The number of hydrogen-bond donors (Lipinski definition) is 5. The van der Waals surface area contributed by atoms with E-state index < -0.39 is 36.9 Å². The highest BCUT2D eigenvalue weighted by Gasteiger charge is 2.28. The first kappa shape index (κ1) is 63.5. The molecule has 0 rings (SSSR count). The first-order valence-electron chi connectivity index (χ1n) is 28.9. The molecule has 0 spiro atoms. The van der Waals surface area contributed by atoms with Crippen LogP contribution in [0.15, 0.2) is 36.5 Å². The maximum atomic E-state index is 12.6. The summed E-state index contributed by atoms with van der Waals surface area (Å²) in [4.78, 5) is 12.6. The third-order valence-corrected chi connectivity index (χ3v) is 13.6. The quantitative estimate of drug-likeness (QED) is 0.0308. The van der Waals surface area contributed by atoms with Crippen LogP contribution >= 0.6 is 0 Å². The predicted octanol–water partition coefficient (Wildman–Crippen LogP) is 16.8. The molecule has 0 radical (unpaired) electrons. The van der Waals surface area contributed by atoms with E-state index in [-0.39, 0.29) is 0 Å². The lowest BCUT2D eigenvalue weighted by molar-refractivity contribution is -0.132. The molecule has 0 saturated heterocycles. The van der Waals surface area contributed by atoms with Gasteiger partial charge in [-0.15, -0.1) is 0 Å². The maximum absolute atomic E-state index is 12.6. The van der Waals surface area contributed by atoms with Crippen LogP contribution < -0.4 is 5.32 Å². The second kappa shape index (κ2) is 53.5. The Bertz CT molecular complexity index is 1030. The zero-order valence-corrected chi connectivity index (χ0v) is 43.5. The SMILES string of the molecule is CCCCCC/C=C/CC/C=C/CCCC(O)C(O)C(CO)NC(=O)C(O)CCCCCCCCCCCCCCCCCC/C=C\CCCCCCCCCCCCCCCCCC. The van der Waals surface area contributed by atoms with Crippen LogP contribution in [0, 0.1) is 0 Å². The number of aliphatic hydroxyl groups excluding tert-OH is 4. The van der Waals surface area contributed by atoms with Gasteiger partial charge in [0.1, 0.15) is 12.2 Å². The fraction of sp³-hybridized carbons (Fsp3) is 0.881. The molecule has 6 heteroatoms. The second-order valence-corrected chi connectivity index (χ2v) is 20.0. The van der Waals surface area contributed by atoms with Gasteiger partial charge in [0, 0.05) is 0 Å². The van der Waals surface area contributed by atoms with Gasteiger partial charge in [-0.1, -0.05) is 262 Å². The van der Waals surface area contributed by atoms with Crippen LogP contribution in [-0.2, 0) is 4.79 Å². The van der Waals surface area contributed by atoms with E-state index in [2.05, 4.69) is 55.6 Å². The van der Waals surface area contributed by atoms with Gasteiger partial charge in [-0.25, -0.2) is 0 Å². The summed E-state index contributed by atoms with van der Waals surface area (Å²) in [5, 5.41) is 43.8. The molecule has 384 valence electrons. The molecule has 0 aromatic rings. The highest BCUT2D eigenvalue weighted by Crippen LogP contribution is 2.17. The molecule has 65 heavy (non-hydrogen) atoms. The molecule has 0 bridgehead atoms. The lowest BCUT2D eigenvalue weighted by Crippen LogP contribution is -2.53. The van der Waals surface area contributed by atoms with Crippen LogP contribution in [-0.4, -0.2) is 57.3 Å². The van der Waals surface area contributed by atoms with E-state index in [0.717, 1.165) is 44.9 Å². The molecule has 0 heterocycles. The van der Waals surface area contributed by atoms with Crippen LogP contribution in [0.2, 0.25) is 0 Å². The maximum Gasteiger partial charge on any atom is 0.249 e. The van der Waals surface area contributed by atoms with Crippen molar-refractivity contribution in [2.45, 2.75) is 327 Å². The van der Waals surface area contributed by atoms with Gasteiger partial charge in [0.15, 0.2) is 0 Å². The Morgan fingerprint density at radius 3 is 0.985 bits per heavy atom. The van der Waals surface area contributed by atoms with Crippen molar-refractivity contribution in [1.29, 1.82) is 0 Å². The smallest absolute Gasteiger partial charge is 0.249 e. The molecule has 4 unspecified atom stereocenters. The largest absolute Gasteiger partial charge is 0.394 e. The minimum Gasteiger partial charge on any atom is -0.394 e. The number of amides is 1. The lowest BCUT2D eigenvalue weighted by Gasteiger charge is -2.27. The highest BCUT2D eigenvalue weighted by molar-refractivity contribution is 5.80. The average molecular weight is 917 g/mol. The summed E-state index contributed by atoms with van der Waals surface area (Å²) in [6.45, 7) is 4.03. The number of nitrogens with one attached hydrogen (secondary N) is 1. The zero-order chi connectivity index (χ0) is 47.4. The molecule has 0 aliphatic heterocycles. The van der Waals surface area contributed by atoms with Crippen molar-refractivity contribution in [2.24, 2.45) is 0 Å². The lowest BCUT2D eigenvalue weighted by atomic mass is 10.00. The monoisotopic (exact) mass is 916 g/mol. The van der Waals surface area contributed by atoms with E-state index >= 15 is 0 Å². The van der Waals surface area contributed by atoms with E-state index in [0.29, 0.717) is 19.3 Å². The van der Waals surface area contributed by atoms with E-state index in [1.54, 1.807) is 0 Å². The first-order valence-corrected chi connectivity index (χ1v) is 28.9. The molecule has 5 N–H and O–H groups in total. The van der Waals surface area contributed by atoms with E-state index in [9.17, 15) is 25.2 Å². The van der Waals surface area contributed by atoms with Crippen LogP contribution in [0.5, 0.6) is 0 Å². The van der Waals surface area contributed by atoms with Crippen LogP contribution in [0.3, 0.4) is 0 Å². The fourth-order valence-corrected chi connectivity index (χ4v) is 9.01. The summed E-state index contributed by atoms with van der Waals surface area (Å²) in [5.74, 6) is -0.595. The van der Waals surface area contributed by atoms with Gasteiger partial charge in [0.05, 0.1) is 18.8 Å². The Hall–Kier alpha value is -1.47.